The van der Waals surface area contributed by atoms with Crippen molar-refractivity contribution in [3.8, 4) is 17.2 Å². The lowest BCUT2D eigenvalue weighted by Crippen LogP contribution is -2.47. The molecule has 1 aliphatic rings. The average Bonchev–Trinajstić information content (AvgIpc) is 3.28. The summed E-state index contributed by atoms with van der Waals surface area (Å²) in [5.41, 5.74) is 0. The van der Waals surface area contributed by atoms with Gasteiger partial charge in [-0.1, -0.05) is 13.8 Å². The minimum Gasteiger partial charge on any atom is -0.457 e. The van der Waals surface area contributed by atoms with Gasteiger partial charge in [0.25, 0.3) is 0 Å². The van der Waals surface area contributed by atoms with Gasteiger partial charge >= 0.3 is 6.36 Å². The third kappa shape index (κ3) is 6.87. The fraction of sp³-hybridized carbons (Fsp3) is 0.435. The van der Waals surface area contributed by atoms with Crippen molar-refractivity contribution in [1.82, 2.24) is 5.06 Å². The number of nitrogens with zero attached hydrogens (tertiary/aromatic N) is 1. The molecule has 0 spiro atoms. The van der Waals surface area contributed by atoms with E-state index in [9.17, 15) is 31.6 Å². The third-order valence-corrected chi connectivity index (χ3v) is 7.47. The molecule has 1 heterocycles. The van der Waals surface area contributed by atoms with Crippen molar-refractivity contribution in [2.45, 2.75) is 55.9 Å². The molecule has 2 atom stereocenters. The van der Waals surface area contributed by atoms with E-state index in [0.29, 0.717) is 12.8 Å². The Balaban J connectivity index is 1.70. The van der Waals surface area contributed by atoms with Crippen molar-refractivity contribution in [2.24, 2.45) is 0 Å². The first-order valence-electron chi connectivity index (χ1n) is 11.0. The highest BCUT2D eigenvalue weighted by molar-refractivity contribution is 7.91. The number of carbonyl (C=O) groups is 1. The summed E-state index contributed by atoms with van der Waals surface area (Å²) in [6, 6.07) is 8.77. The molecule has 0 aromatic heterocycles. The maximum Gasteiger partial charge on any atom is 0.573 e. The molecule has 0 saturated carbocycles. The van der Waals surface area contributed by atoms with Crippen molar-refractivity contribution < 1.29 is 50.5 Å². The molecule has 3 rings (SSSR count). The Morgan fingerprint density at radius 3 is 2.08 bits per heavy atom. The molecule has 1 saturated heterocycles. The molecule has 0 radical (unpaired) electrons. The first-order valence-corrected chi connectivity index (χ1v) is 12.7. The van der Waals surface area contributed by atoms with Crippen LogP contribution in [0.15, 0.2) is 53.4 Å². The smallest absolute Gasteiger partial charge is 0.457 e. The second kappa shape index (κ2) is 11.0. The van der Waals surface area contributed by atoms with E-state index in [0.717, 1.165) is 12.1 Å². The van der Waals surface area contributed by atoms with Gasteiger partial charge in [-0.3, -0.25) is 10.0 Å². The normalized spacial score (nSPS) is 18.4. The van der Waals surface area contributed by atoms with Gasteiger partial charge in [-0.05, 0) is 61.4 Å². The van der Waals surface area contributed by atoms with Gasteiger partial charge in [0.1, 0.15) is 29.4 Å². The number of sulfone groups is 1. The summed E-state index contributed by atoms with van der Waals surface area (Å²) in [7, 11) is -3.99. The maximum absolute atomic E-state index is 13.0. The number of ether oxygens (including phenoxy) is 4. The number of benzene rings is 2. The van der Waals surface area contributed by atoms with Crippen LogP contribution < -0.4 is 9.47 Å². The lowest BCUT2D eigenvalue weighted by atomic mass is 10.1. The van der Waals surface area contributed by atoms with E-state index in [2.05, 4.69) is 4.74 Å². The number of hydrogen-bond acceptors (Lipinski definition) is 8. The highest BCUT2D eigenvalue weighted by Gasteiger charge is 2.45. The average molecular weight is 534 g/mol. The van der Waals surface area contributed by atoms with Crippen molar-refractivity contribution >= 4 is 16.2 Å². The molecule has 1 amide bonds. The van der Waals surface area contributed by atoms with E-state index >= 15 is 0 Å². The lowest BCUT2D eigenvalue weighted by molar-refractivity contribution is -0.274. The predicted molar refractivity (Wildman–Crippen MR) is 119 cm³/mol. The van der Waals surface area contributed by atoms with Crippen molar-refractivity contribution in [1.29, 1.82) is 0 Å². The van der Waals surface area contributed by atoms with Gasteiger partial charge in [0.15, 0.2) is 15.6 Å². The first-order chi connectivity index (χ1) is 16.9. The molecule has 198 valence electrons. The summed E-state index contributed by atoms with van der Waals surface area (Å²) < 4.78 is 83.8. The SMILES string of the molecule is CCC1(CC)OC[C@H](C(CS(=O)(=O)c2ccc(Oc3ccc(OC(F)(F)F)cc3)cc2)N(O)C=O)O1. The number of rotatable bonds is 11. The van der Waals surface area contributed by atoms with E-state index in [1.807, 2.05) is 13.8 Å². The first kappa shape index (κ1) is 27.7. The second-order valence-corrected chi connectivity index (χ2v) is 10.0. The molecule has 1 unspecified atom stereocenters. The Bertz CT molecular complexity index is 1120. The van der Waals surface area contributed by atoms with E-state index in [4.69, 9.17) is 14.2 Å². The largest absolute Gasteiger partial charge is 0.573 e. The van der Waals surface area contributed by atoms with E-state index in [1.165, 1.54) is 36.4 Å². The van der Waals surface area contributed by atoms with E-state index in [1.54, 1.807) is 0 Å². The van der Waals surface area contributed by atoms with Gasteiger partial charge in [-0.15, -0.1) is 13.2 Å². The molecule has 1 N–H and O–H groups in total. The number of carbonyl (C=O) groups excluding carboxylic acids is 1. The Morgan fingerprint density at radius 2 is 1.61 bits per heavy atom. The van der Waals surface area contributed by atoms with E-state index < -0.39 is 45.6 Å². The Hall–Kier alpha value is -2.87. The Morgan fingerprint density at radius 1 is 1.08 bits per heavy atom. The summed E-state index contributed by atoms with van der Waals surface area (Å²) in [5, 5.41) is 10.3. The van der Waals surface area contributed by atoms with Crippen LogP contribution in [0.4, 0.5) is 13.2 Å². The van der Waals surface area contributed by atoms with Crippen LogP contribution in [0.1, 0.15) is 26.7 Å². The monoisotopic (exact) mass is 533 g/mol. The fourth-order valence-corrected chi connectivity index (χ4v) is 5.26. The van der Waals surface area contributed by atoms with Crippen molar-refractivity contribution in [2.75, 3.05) is 12.4 Å². The topological polar surface area (TPSA) is 112 Å². The number of alkyl halides is 3. The zero-order valence-electron chi connectivity index (χ0n) is 19.5. The summed E-state index contributed by atoms with van der Waals surface area (Å²) in [6.07, 6.45) is -4.55. The van der Waals surface area contributed by atoms with Crippen LogP contribution in [-0.2, 0) is 24.1 Å². The Kier molecular flexibility index (Phi) is 8.49. The minimum atomic E-state index is -4.81. The summed E-state index contributed by atoms with van der Waals surface area (Å²) in [5.74, 6) is -1.51. The van der Waals surface area contributed by atoms with Crippen LogP contribution in [0.25, 0.3) is 0 Å². The van der Waals surface area contributed by atoms with Crippen LogP contribution in [-0.4, -0.2) is 61.8 Å². The number of halogens is 3. The number of amides is 1. The zero-order valence-corrected chi connectivity index (χ0v) is 20.3. The third-order valence-electron chi connectivity index (χ3n) is 5.70. The predicted octanol–water partition coefficient (Wildman–Crippen LogP) is 4.30. The van der Waals surface area contributed by atoms with Crippen molar-refractivity contribution in [3.05, 3.63) is 48.5 Å². The molecular weight excluding hydrogens is 507 g/mol. The van der Waals surface area contributed by atoms with Crippen LogP contribution in [0, 0.1) is 0 Å². The molecule has 13 heteroatoms. The quantitative estimate of drug-likeness (QED) is 0.259. The molecule has 36 heavy (non-hydrogen) atoms. The second-order valence-electron chi connectivity index (χ2n) is 8.01. The maximum atomic E-state index is 13.0. The van der Waals surface area contributed by atoms with Gasteiger partial charge in [0.05, 0.1) is 17.3 Å². The van der Waals surface area contributed by atoms with E-state index in [-0.39, 0.29) is 34.5 Å². The molecule has 2 aromatic carbocycles. The van der Waals surface area contributed by atoms with Crippen LogP contribution >= 0.6 is 0 Å². The van der Waals surface area contributed by atoms with Gasteiger partial charge in [-0.25, -0.2) is 13.5 Å². The molecule has 2 aromatic rings. The zero-order chi connectivity index (χ0) is 26.6. The fourth-order valence-electron chi connectivity index (χ4n) is 3.70. The Labute approximate surface area is 206 Å². The van der Waals surface area contributed by atoms with Gasteiger partial charge in [-0.2, -0.15) is 0 Å². The summed E-state index contributed by atoms with van der Waals surface area (Å²) in [6.45, 7) is 3.71. The molecule has 0 aliphatic carbocycles. The standard InChI is InChI=1S/C23H26F3NO8S/c1-3-22(4-2)32-13-21(35-22)20(27(29)15-28)14-36(30,31)19-11-9-17(10-12-19)33-16-5-7-18(8-6-16)34-23(24,25)26/h5-12,15,20-21,29H,3-4,13-14H2,1-2H3/t20?,21-/m1/s1. The van der Waals surface area contributed by atoms with Crippen LogP contribution in [0.3, 0.4) is 0 Å². The number of hydrogen-bond donors (Lipinski definition) is 1. The van der Waals surface area contributed by atoms with Gasteiger partial charge < -0.3 is 18.9 Å². The summed E-state index contributed by atoms with van der Waals surface area (Å²) >= 11 is 0. The van der Waals surface area contributed by atoms with Crippen LogP contribution in [0.5, 0.6) is 17.2 Å². The highest BCUT2D eigenvalue weighted by Crippen LogP contribution is 2.33. The highest BCUT2D eigenvalue weighted by atomic mass is 32.2. The summed E-state index contributed by atoms with van der Waals surface area (Å²) in [4.78, 5) is 11.1. The number of hydroxylamine groups is 2. The van der Waals surface area contributed by atoms with Gasteiger partial charge in [0, 0.05) is 0 Å². The molecular formula is C23H26F3NO8S. The minimum absolute atomic E-state index is 0.00629. The van der Waals surface area contributed by atoms with Crippen LogP contribution in [0.2, 0.25) is 0 Å². The van der Waals surface area contributed by atoms with Gasteiger partial charge in [0.2, 0.25) is 6.41 Å². The molecule has 1 fully saturated rings. The molecule has 0 bridgehead atoms. The van der Waals surface area contributed by atoms with Crippen molar-refractivity contribution in [3.63, 3.8) is 0 Å². The molecule has 1 aliphatic heterocycles. The lowest BCUT2D eigenvalue weighted by Gasteiger charge is -2.29. The molecule has 9 nitrogen and oxygen atoms in total.